The zero-order valence-electron chi connectivity index (χ0n) is 17.3. The van der Waals surface area contributed by atoms with Crippen LogP contribution in [0.5, 0.6) is 0 Å². The predicted octanol–water partition coefficient (Wildman–Crippen LogP) is 2.25. The highest BCUT2D eigenvalue weighted by Gasteiger charge is 2.12. The van der Waals surface area contributed by atoms with Gasteiger partial charge in [-0.25, -0.2) is 0 Å². The Bertz CT molecular complexity index is 541. The molecule has 0 aliphatic rings. The number of rotatable bonds is 10. The Hall–Kier alpha value is -1.35. The van der Waals surface area contributed by atoms with E-state index in [4.69, 9.17) is 0 Å². The zero-order valence-corrected chi connectivity index (χ0v) is 19.6. The molecule has 0 aliphatic carbocycles. The lowest BCUT2D eigenvalue weighted by Crippen LogP contribution is -2.47. The first kappa shape index (κ1) is 25.6. The molecule has 0 unspecified atom stereocenters. The van der Waals surface area contributed by atoms with E-state index in [0.717, 1.165) is 19.5 Å². The quantitative estimate of drug-likeness (QED) is 0.268. The van der Waals surface area contributed by atoms with Crippen LogP contribution >= 0.6 is 24.0 Å². The Kier molecular flexibility index (Phi) is 13.9. The number of nitrogens with zero attached hydrogens (tertiary/aromatic N) is 2. The second-order valence-corrected chi connectivity index (χ2v) is 6.86. The van der Waals surface area contributed by atoms with Gasteiger partial charge in [0.05, 0.1) is 6.54 Å². The fourth-order valence-electron chi connectivity index (χ4n) is 2.85. The molecular formula is C20H36IN5O. The van der Waals surface area contributed by atoms with Crippen LogP contribution in [0.15, 0.2) is 35.3 Å². The Morgan fingerprint density at radius 3 is 2.19 bits per heavy atom. The molecule has 1 aromatic carbocycles. The largest absolute Gasteiger partial charge is 0.355 e. The molecule has 1 amide bonds. The summed E-state index contributed by atoms with van der Waals surface area (Å²) in [6, 6.07) is 11.1. The van der Waals surface area contributed by atoms with Gasteiger partial charge in [-0.3, -0.25) is 14.7 Å². The SMILES string of the molecule is CN=C(NCCN(C(C)C)C(C)C)NCC(=O)NCCc1ccccc1.I. The monoisotopic (exact) mass is 489 g/mol. The molecule has 6 nitrogen and oxygen atoms in total. The van der Waals surface area contributed by atoms with Crippen LogP contribution in [0.25, 0.3) is 0 Å². The van der Waals surface area contributed by atoms with Gasteiger partial charge in [-0.15, -0.1) is 24.0 Å². The summed E-state index contributed by atoms with van der Waals surface area (Å²) in [5.74, 6) is 0.616. The number of guanidine groups is 1. The second kappa shape index (κ2) is 14.7. The highest BCUT2D eigenvalue weighted by molar-refractivity contribution is 14.0. The van der Waals surface area contributed by atoms with Crippen LogP contribution in [-0.2, 0) is 11.2 Å². The number of halogens is 1. The smallest absolute Gasteiger partial charge is 0.239 e. The third-order valence-corrected chi connectivity index (χ3v) is 4.21. The number of amides is 1. The fourth-order valence-corrected chi connectivity index (χ4v) is 2.85. The summed E-state index contributed by atoms with van der Waals surface area (Å²) in [6.45, 7) is 11.4. The molecule has 0 radical (unpaired) electrons. The van der Waals surface area contributed by atoms with Crippen LogP contribution < -0.4 is 16.0 Å². The maximum absolute atomic E-state index is 11.9. The molecule has 0 fully saturated rings. The van der Waals surface area contributed by atoms with E-state index in [1.54, 1.807) is 7.05 Å². The summed E-state index contributed by atoms with van der Waals surface area (Å²) in [4.78, 5) is 18.5. The second-order valence-electron chi connectivity index (χ2n) is 6.86. The normalized spacial score (nSPS) is 11.5. The molecule has 0 heterocycles. The minimum atomic E-state index is -0.0325. The number of hydrogen-bond donors (Lipinski definition) is 3. The molecular weight excluding hydrogens is 453 g/mol. The first-order chi connectivity index (χ1) is 12.4. The first-order valence-electron chi connectivity index (χ1n) is 9.45. The Labute approximate surface area is 181 Å². The van der Waals surface area contributed by atoms with Gasteiger partial charge in [0.15, 0.2) is 5.96 Å². The lowest BCUT2D eigenvalue weighted by Gasteiger charge is -2.30. The topological polar surface area (TPSA) is 68.8 Å². The molecule has 0 atom stereocenters. The maximum Gasteiger partial charge on any atom is 0.239 e. The van der Waals surface area contributed by atoms with Gasteiger partial charge in [-0.05, 0) is 39.7 Å². The molecule has 1 rings (SSSR count). The Morgan fingerprint density at radius 1 is 1.00 bits per heavy atom. The average Bonchev–Trinajstić information content (AvgIpc) is 2.61. The van der Waals surface area contributed by atoms with Crippen molar-refractivity contribution in [1.29, 1.82) is 0 Å². The third kappa shape index (κ3) is 11.2. The molecule has 0 aromatic heterocycles. The minimum absolute atomic E-state index is 0. The number of benzene rings is 1. The van der Waals surface area contributed by atoms with Crippen molar-refractivity contribution in [3.8, 4) is 0 Å². The molecule has 7 heteroatoms. The lowest BCUT2D eigenvalue weighted by molar-refractivity contribution is -0.119. The van der Waals surface area contributed by atoms with Gasteiger partial charge in [-0.2, -0.15) is 0 Å². The summed E-state index contributed by atoms with van der Waals surface area (Å²) >= 11 is 0. The molecule has 0 saturated heterocycles. The van der Waals surface area contributed by atoms with Gasteiger partial charge in [-0.1, -0.05) is 30.3 Å². The van der Waals surface area contributed by atoms with Crippen molar-refractivity contribution in [3.05, 3.63) is 35.9 Å². The van der Waals surface area contributed by atoms with Gasteiger partial charge in [0.25, 0.3) is 0 Å². The molecule has 27 heavy (non-hydrogen) atoms. The summed E-state index contributed by atoms with van der Waals surface area (Å²) in [5.41, 5.74) is 1.22. The van der Waals surface area contributed by atoms with E-state index in [2.05, 4.69) is 65.7 Å². The van der Waals surface area contributed by atoms with Crippen LogP contribution in [0.4, 0.5) is 0 Å². The lowest BCUT2D eigenvalue weighted by atomic mass is 10.1. The van der Waals surface area contributed by atoms with Gasteiger partial charge >= 0.3 is 0 Å². The Morgan fingerprint density at radius 2 is 1.63 bits per heavy atom. The van der Waals surface area contributed by atoms with E-state index in [1.165, 1.54) is 5.56 Å². The van der Waals surface area contributed by atoms with Crippen LogP contribution in [-0.4, -0.2) is 62.1 Å². The number of carbonyl (C=O) groups excluding carboxylic acids is 1. The van der Waals surface area contributed by atoms with Crippen molar-refractivity contribution in [2.24, 2.45) is 4.99 Å². The van der Waals surface area contributed by atoms with Crippen molar-refractivity contribution in [2.45, 2.75) is 46.2 Å². The summed E-state index contributed by atoms with van der Waals surface area (Å²) in [7, 11) is 1.71. The van der Waals surface area contributed by atoms with E-state index in [-0.39, 0.29) is 36.4 Å². The highest BCUT2D eigenvalue weighted by atomic mass is 127. The van der Waals surface area contributed by atoms with E-state index in [1.807, 2.05) is 18.2 Å². The van der Waals surface area contributed by atoms with Crippen molar-refractivity contribution in [1.82, 2.24) is 20.9 Å². The average molecular weight is 489 g/mol. The number of aliphatic imine (C=N–C) groups is 1. The molecule has 0 spiro atoms. The van der Waals surface area contributed by atoms with Gasteiger partial charge in [0, 0.05) is 38.8 Å². The van der Waals surface area contributed by atoms with Crippen LogP contribution in [0.3, 0.4) is 0 Å². The van der Waals surface area contributed by atoms with Crippen molar-refractivity contribution < 1.29 is 4.79 Å². The van der Waals surface area contributed by atoms with Crippen LogP contribution in [0.1, 0.15) is 33.3 Å². The summed E-state index contributed by atoms with van der Waals surface area (Å²) < 4.78 is 0. The van der Waals surface area contributed by atoms with Crippen molar-refractivity contribution in [3.63, 3.8) is 0 Å². The van der Waals surface area contributed by atoms with E-state index < -0.39 is 0 Å². The van der Waals surface area contributed by atoms with Gasteiger partial charge < -0.3 is 16.0 Å². The molecule has 1 aromatic rings. The third-order valence-electron chi connectivity index (χ3n) is 4.21. The van der Waals surface area contributed by atoms with Gasteiger partial charge in [0.2, 0.25) is 5.91 Å². The molecule has 0 aliphatic heterocycles. The molecule has 154 valence electrons. The maximum atomic E-state index is 11.9. The van der Waals surface area contributed by atoms with Crippen LogP contribution in [0, 0.1) is 0 Å². The van der Waals surface area contributed by atoms with Crippen LogP contribution in [0.2, 0.25) is 0 Å². The van der Waals surface area contributed by atoms with E-state index >= 15 is 0 Å². The summed E-state index contributed by atoms with van der Waals surface area (Å²) in [6.07, 6.45) is 0.833. The van der Waals surface area contributed by atoms with Gasteiger partial charge in [0.1, 0.15) is 0 Å². The summed E-state index contributed by atoms with van der Waals surface area (Å²) in [5, 5.41) is 9.24. The number of carbonyl (C=O) groups is 1. The predicted molar refractivity (Wildman–Crippen MR) is 125 cm³/mol. The van der Waals surface area contributed by atoms with Crippen molar-refractivity contribution in [2.75, 3.05) is 33.2 Å². The van der Waals surface area contributed by atoms with Crippen molar-refractivity contribution >= 4 is 35.8 Å². The molecule has 0 bridgehead atoms. The standard InChI is InChI=1S/C20H35N5O.HI/c1-16(2)25(17(3)4)14-13-23-20(21-5)24-15-19(26)22-12-11-18-9-7-6-8-10-18;/h6-10,16-17H,11-15H2,1-5H3,(H,22,26)(H2,21,23,24);1H. The molecule has 0 saturated carbocycles. The van der Waals surface area contributed by atoms with E-state index in [0.29, 0.717) is 24.6 Å². The number of nitrogens with one attached hydrogen (secondary N) is 3. The zero-order chi connectivity index (χ0) is 19.4. The first-order valence-corrected chi connectivity index (χ1v) is 9.45. The molecule has 3 N–H and O–H groups in total. The number of hydrogen-bond acceptors (Lipinski definition) is 3. The minimum Gasteiger partial charge on any atom is -0.355 e. The Balaban J connectivity index is 0.00000676. The fraction of sp³-hybridized carbons (Fsp3) is 0.600. The highest BCUT2D eigenvalue weighted by Crippen LogP contribution is 2.03. The van der Waals surface area contributed by atoms with E-state index in [9.17, 15) is 4.79 Å².